The molecule has 11 heteroatoms. The average molecular weight is 501 g/mol. The fourth-order valence-electron chi connectivity index (χ4n) is 4.36. The van der Waals surface area contributed by atoms with Crippen LogP contribution in [0.1, 0.15) is 54.1 Å². The van der Waals surface area contributed by atoms with Gasteiger partial charge in [-0.2, -0.15) is 5.10 Å². The van der Waals surface area contributed by atoms with Gasteiger partial charge in [-0.05, 0) is 64.4 Å². The van der Waals surface area contributed by atoms with Gasteiger partial charge >= 0.3 is 0 Å². The van der Waals surface area contributed by atoms with Gasteiger partial charge in [0.15, 0.2) is 5.69 Å². The Kier molecular flexibility index (Phi) is 6.46. The highest BCUT2D eigenvalue weighted by Gasteiger charge is 2.26. The number of benzene rings is 1. The molecule has 0 bridgehead atoms. The zero-order valence-corrected chi connectivity index (χ0v) is 21.8. The standard InChI is InChI=1S/C26H32N10O/c1-16-21(13-28-32-16)31-25-27-10-8-20(30-25)18-6-7-19-17(12-18)9-11-35(5)14-22(19)29-24(37)23-15-36(34-33-23)26(2,3)4/h6-8,10,12-13,15,22H,9,11,14H2,1-5H3,(H,28,32)(H,29,37)(H,27,30,31)/t22-/m1/s1. The second-order valence-electron chi connectivity index (χ2n) is 10.5. The van der Waals surface area contributed by atoms with Gasteiger partial charge in [-0.1, -0.05) is 17.3 Å². The molecule has 192 valence electrons. The normalized spacial score (nSPS) is 16.2. The number of hydrogen-bond donors (Lipinski definition) is 3. The van der Waals surface area contributed by atoms with E-state index in [1.165, 1.54) is 5.56 Å². The predicted molar refractivity (Wildman–Crippen MR) is 141 cm³/mol. The molecule has 4 aromatic rings. The van der Waals surface area contributed by atoms with Gasteiger partial charge in [0.2, 0.25) is 5.95 Å². The zero-order chi connectivity index (χ0) is 26.2. The molecule has 4 heterocycles. The van der Waals surface area contributed by atoms with Crippen molar-refractivity contribution in [2.75, 3.05) is 25.5 Å². The molecule has 0 saturated heterocycles. The summed E-state index contributed by atoms with van der Waals surface area (Å²) in [4.78, 5) is 24.4. The number of aryl methyl sites for hydroxylation is 1. The van der Waals surface area contributed by atoms with Crippen molar-refractivity contribution in [3.8, 4) is 11.3 Å². The zero-order valence-electron chi connectivity index (χ0n) is 21.8. The maximum atomic E-state index is 13.1. The quantitative estimate of drug-likeness (QED) is 0.381. The Labute approximate surface area is 215 Å². The molecule has 3 aromatic heterocycles. The first kappa shape index (κ1) is 24.6. The number of anilines is 2. The van der Waals surface area contributed by atoms with Crippen LogP contribution < -0.4 is 10.6 Å². The molecule has 1 atom stereocenters. The second-order valence-corrected chi connectivity index (χ2v) is 10.5. The highest BCUT2D eigenvalue weighted by Crippen LogP contribution is 2.29. The van der Waals surface area contributed by atoms with E-state index in [-0.39, 0.29) is 17.5 Å². The fraction of sp³-hybridized carbons (Fsp3) is 0.385. The van der Waals surface area contributed by atoms with E-state index in [4.69, 9.17) is 4.98 Å². The van der Waals surface area contributed by atoms with Crippen molar-refractivity contribution in [1.29, 1.82) is 0 Å². The first-order chi connectivity index (χ1) is 17.7. The van der Waals surface area contributed by atoms with Crippen LogP contribution in [-0.2, 0) is 12.0 Å². The van der Waals surface area contributed by atoms with Crippen molar-refractivity contribution in [3.05, 3.63) is 65.4 Å². The number of fused-ring (bicyclic) bond motifs is 1. The van der Waals surface area contributed by atoms with Crippen LogP contribution in [0.3, 0.4) is 0 Å². The molecule has 1 aliphatic heterocycles. The van der Waals surface area contributed by atoms with Gasteiger partial charge in [-0.15, -0.1) is 5.10 Å². The number of hydrogen-bond acceptors (Lipinski definition) is 8. The highest BCUT2D eigenvalue weighted by atomic mass is 16.2. The number of aromatic nitrogens is 7. The van der Waals surface area contributed by atoms with Gasteiger partial charge in [0.1, 0.15) is 0 Å². The molecule has 0 fully saturated rings. The van der Waals surface area contributed by atoms with Gasteiger partial charge in [-0.3, -0.25) is 9.89 Å². The molecule has 1 aromatic carbocycles. The molecule has 0 radical (unpaired) electrons. The summed E-state index contributed by atoms with van der Waals surface area (Å²) < 4.78 is 1.71. The van der Waals surface area contributed by atoms with Crippen LogP contribution >= 0.6 is 0 Å². The van der Waals surface area contributed by atoms with E-state index < -0.39 is 0 Å². The number of carbonyl (C=O) groups excluding carboxylic acids is 1. The summed E-state index contributed by atoms with van der Waals surface area (Å²) in [6.45, 7) is 9.59. The molecule has 1 amide bonds. The number of nitrogens with one attached hydrogen (secondary N) is 3. The Morgan fingerprint density at radius 3 is 2.78 bits per heavy atom. The SMILES string of the molecule is Cc1[nH]ncc1Nc1nccc(-c2ccc3c(c2)CCN(C)C[C@H]3NC(=O)c2cn(C(C)(C)C)nn2)n1. The minimum absolute atomic E-state index is 0.171. The van der Waals surface area contributed by atoms with Crippen molar-refractivity contribution >= 4 is 17.5 Å². The summed E-state index contributed by atoms with van der Waals surface area (Å²) in [5, 5.41) is 21.6. The van der Waals surface area contributed by atoms with E-state index in [0.717, 1.165) is 41.2 Å². The van der Waals surface area contributed by atoms with Gasteiger partial charge < -0.3 is 15.5 Å². The third kappa shape index (κ3) is 5.36. The van der Waals surface area contributed by atoms with E-state index in [1.54, 1.807) is 23.3 Å². The smallest absolute Gasteiger partial charge is 0.273 e. The van der Waals surface area contributed by atoms with Crippen molar-refractivity contribution < 1.29 is 4.79 Å². The lowest BCUT2D eigenvalue weighted by Crippen LogP contribution is -2.35. The average Bonchev–Trinajstić information content (AvgIpc) is 3.49. The van der Waals surface area contributed by atoms with Crippen LogP contribution in [-0.4, -0.2) is 66.1 Å². The Bertz CT molecular complexity index is 1420. The molecule has 0 unspecified atom stereocenters. The number of carbonyl (C=O) groups is 1. The minimum Gasteiger partial charge on any atom is -0.342 e. The van der Waals surface area contributed by atoms with Crippen molar-refractivity contribution in [2.45, 2.75) is 45.7 Å². The number of amides is 1. The molecule has 0 saturated carbocycles. The first-order valence-corrected chi connectivity index (χ1v) is 12.3. The minimum atomic E-state index is -0.245. The maximum absolute atomic E-state index is 13.1. The monoisotopic (exact) mass is 500 g/mol. The highest BCUT2D eigenvalue weighted by molar-refractivity contribution is 5.92. The van der Waals surface area contributed by atoms with E-state index in [9.17, 15) is 4.79 Å². The van der Waals surface area contributed by atoms with Crippen LogP contribution in [0.25, 0.3) is 11.3 Å². The molecular formula is C26H32N10O. The number of aromatic amines is 1. The fourth-order valence-corrected chi connectivity index (χ4v) is 4.36. The lowest BCUT2D eigenvalue weighted by Gasteiger charge is -2.22. The topological polar surface area (TPSA) is 130 Å². The summed E-state index contributed by atoms with van der Waals surface area (Å²) in [5.74, 6) is 0.275. The molecule has 0 aliphatic carbocycles. The summed E-state index contributed by atoms with van der Waals surface area (Å²) in [6.07, 6.45) is 6.03. The first-order valence-electron chi connectivity index (χ1n) is 12.3. The number of H-pyrrole nitrogens is 1. The largest absolute Gasteiger partial charge is 0.342 e. The summed E-state index contributed by atoms with van der Waals surface area (Å²) in [6, 6.07) is 8.04. The van der Waals surface area contributed by atoms with Gasteiger partial charge in [0, 0.05) is 24.8 Å². The van der Waals surface area contributed by atoms with E-state index in [1.807, 2.05) is 33.8 Å². The summed E-state index contributed by atoms with van der Waals surface area (Å²) in [5.41, 5.74) is 5.92. The number of likely N-dealkylation sites (N-methyl/N-ethyl adjacent to an activating group) is 1. The molecule has 37 heavy (non-hydrogen) atoms. The predicted octanol–water partition coefficient (Wildman–Crippen LogP) is 3.22. The van der Waals surface area contributed by atoms with Crippen LogP contribution in [0.2, 0.25) is 0 Å². The van der Waals surface area contributed by atoms with Crippen molar-refractivity contribution in [1.82, 2.24) is 45.4 Å². The van der Waals surface area contributed by atoms with E-state index >= 15 is 0 Å². The number of nitrogens with zero attached hydrogens (tertiary/aromatic N) is 7. The Morgan fingerprint density at radius 2 is 2.05 bits per heavy atom. The molecule has 5 rings (SSSR count). The van der Waals surface area contributed by atoms with Crippen molar-refractivity contribution in [2.24, 2.45) is 0 Å². The molecule has 0 spiro atoms. The van der Waals surface area contributed by atoms with Crippen LogP contribution in [0.4, 0.5) is 11.6 Å². The Morgan fingerprint density at radius 1 is 1.22 bits per heavy atom. The number of rotatable bonds is 5. The lowest BCUT2D eigenvalue weighted by molar-refractivity contribution is 0.0924. The van der Waals surface area contributed by atoms with Crippen LogP contribution in [0, 0.1) is 6.92 Å². The third-order valence-electron chi connectivity index (χ3n) is 6.52. The Balaban J connectivity index is 1.39. The van der Waals surface area contributed by atoms with Crippen LogP contribution in [0.15, 0.2) is 42.9 Å². The lowest BCUT2D eigenvalue weighted by atomic mass is 9.96. The summed E-state index contributed by atoms with van der Waals surface area (Å²) in [7, 11) is 2.07. The molecule has 3 N–H and O–H groups in total. The molecule has 1 aliphatic rings. The van der Waals surface area contributed by atoms with E-state index in [2.05, 4.69) is 66.3 Å². The summed E-state index contributed by atoms with van der Waals surface area (Å²) >= 11 is 0. The third-order valence-corrected chi connectivity index (χ3v) is 6.52. The van der Waals surface area contributed by atoms with Crippen LogP contribution in [0.5, 0.6) is 0 Å². The maximum Gasteiger partial charge on any atom is 0.273 e. The van der Waals surface area contributed by atoms with Gasteiger partial charge in [0.05, 0.1) is 41.0 Å². The Hall–Kier alpha value is -4.12. The van der Waals surface area contributed by atoms with Crippen molar-refractivity contribution in [3.63, 3.8) is 0 Å². The van der Waals surface area contributed by atoms with E-state index in [0.29, 0.717) is 18.2 Å². The second kappa shape index (κ2) is 9.74. The molecule has 11 nitrogen and oxygen atoms in total. The molecular weight excluding hydrogens is 468 g/mol. The van der Waals surface area contributed by atoms with Gasteiger partial charge in [-0.25, -0.2) is 14.6 Å². The van der Waals surface area contributed by atoms with Gasteiger partial charge in [0.25, 0.3) is 5.91 Å².